The van der Waals surface area contributed by atoms with Gasteiger partial charge in [-0.3, -0.25) is 0 Å². The molecule has 8 heteroatoms. The Hall–Kier alpha value is -2.00. The molecule has 0 amide bonds. The SMILES string of the molecule is C[C@H]1[C@@H](OC(=O)c2cccc(C(=O)O)c2)O[C@@H]2O[C@]3(C)CC[C@H]4[C@H](C)CC[C@@H]1[C@@]24OO3. The van der Waals surface area contributed by atoms with Crippen LogP contribution < -0.4 is 0 Å². The Bertz CT molecular complexity index is 901. The second-order valence-electron chi connectivity index (χ2n) is 9.56. The Morgan fingerprint density at radius 3 is 2.65 bits per heavy atom. The first kappa shape index (κ1) is 20.9. The molecule has 1 aliphatic carbocycles. The van der Waals surface area contributed by atoms with Crippen molar-refractivity contribution in [1.29, 1.82) is 0 Å². The molecule has 1 aromatic carbocycles. The number of carbonyl (C=O) groups is 2. The summed E-state index contributed by atoms with van der Waals surface area (Å²) in [5.74, 6) is -2.06. The van der Waals surface area contributed by atoms with Gasteiger partial charge in [-0.1, -0.05) is 19.9 Å². The molecule has 5 aliphatic rings. The standard InChI is InChI=1S/C23H28O8/c1-12-7-8-17-13(2)20(27-19(26)15-6-4-5-14(11-15)18(24)25)28-21-23(17)16(12)9-10-22(3,29-21)30-31-23/h4-6,11-13,16-17,20-21H,7-10H2,1-3H3,(H,24,25)/t12-,13-,16+,17+,20+,21-,22+,23-/m1/s1. The van der Waals surface area contributed by atoms with Gasteiger partial charge in [0.1, 0.15) is 0 Å². The third kappa shape index (κ3) is 3.19. The van der Waals surface area contributed by atoms with E-state index in [4.69, 9.17) is 24.0 Å². The van der Waals surface area contributed by atoms with Crippen LogP contribution in [0.4, 0.5) is 0 Å². The summed E-state index contributed by atoms with van der Waals surface area (Å²) in [7, 11) is 0. The van der Waals surface area contributed by atoms with E-state index in [2.05, 4.69) is 6.92 Å². The molecule has 0 radical (unpaired) electrons. The zero-order valence-electron chi connectivity index (χ0n) is 17.9. The Kier molecular flexibility index (Phi) is 4.89. The van der Waals surface area contributed by atoms with Gasteiger partial charge in [0.15, 0.2) is 11.9 Å². The molecule has 4 saturated heterocycles. The number of ether oxygens (including phenoxy) is 3. The van der Waals surface area contributed by atoms with Gasteiger partial charge < -0.3 is 19.3 Å². The van der Waals surface area contributed by atoms with Crippen molar-refractivity contribution in [2.45, 2.75) is 70.4 Å². The quantitative estimate of drug-likeness (QED) is 0.569. The number of hydrogen-bond donors (Lipinski definition) is 1. The van der Waals surface area contributed by atoms with E-state index in [1.54, 1.807) is 0 Å². The fourth-order valence-corrected chi connectivity index (χ4v) is 5.96. The van der Waals surface area contributed by atoms with Gasteiger partial charge >= 0.3 is 11.9 Å². The van der Waals surface area contributed by atoms with Gasteiger partial charge in [-0.2, -0.15) is 0 Å². The molecule has 8 nitrogen and oxygen atoms in total. The minimum absolute atomic E-state index is 0.0259. The molecular weight excluding hydrogens is 404 g/mol. The highest BCUT2D eigenvalue weighted by Gasteiger charge is 2.69. The van der Waals surface area contributed by atoms with Crippen molar-refractivity contribution in [3.8, 4) is 0 Å². The first-order chi connectivity index (χ1) is 14.7. The van der Waals surface area contributed by atoms with E-state index in [0.29, 0.717) is 12.3 Å². The molecule has 0 aromatic heterocycles. The number of aromatic carboxylic acids is 1. The summed E-state index contributed by atoms with van der Waals surface area (Å²) in [6, 6.07) is 5.79. The van der Waals surface area contributed by atoms with Crippen LogP contribution in [0.1, 0.15) is 67.2 Å². The summed E-state index contributed by atoms with van der Waals surface area (Å²) < 4.78 is 18.2. The Balaban J connectivity index is 1.43. The van der Waals surface area contributed by atoms with Crippen LogP contribution in [0.25, 0.3) is 0 Å². The van der Waals surface area contributed by atoms with Gasteiger partial charge in [0.25, 0.3) is 0 Å². The molecule has 8 atom stereocenters. The van der Waals surface area contributed by atoms with Crippen LogP contribution in [0.3, 0.4) is 0 Å². The molecular formula is C23H28O8. The molecule has 4 aliphatic heterocycles. The van der Waals surface area contributed by atoms with Crippen LogP contribution in [0.15, 0.2) is 24.3 Å². The van der Waals surface area contributed by atoms with Gasteiger partial charge in [0.05, 0.1) is 11.1 Å². The molecule has 4 heterocycles. The minimum atomic E-state index is -1.10. The topological polar surface area (TPSA) is 101 Å². The van der Waals surface area contributed by atoms with Crippen molar-refractivity contribution in [3.63, 3.8) is 0 Å². The minimum Gasteiger partial charge on any atom is -0.478 e. The number of rotatable bonds is 3. The second kappa shape index (κ2) is 7.27. The number of esters is 1. The highest BCUT2D eigenvalue weighted by Crippen LogP contribution is 2.60. The number of hydrogen-bond acceptors (Lipinski definition) is 7. The lowest BCUT2D eigenvalue weighted by molar-refractivity contribution is -0.576. The summed E-state index contributed by atoms with van der Waals surface area (Å²) in [6.45, 7) is 6.08. The van der Waals surface area contributed by atoms with E-state index in [-0.39, 0.29) is 28.9 Å². The monoisotopic (exact) mass is 432 g/mol. The van der Waals surface area contributed by atoms with Gasteiger partial charge in [-0.25, -0.2) is 19.4 Å². The summed E-state index contributed by atoms with van der Waals surface area (Å²) in [5, 5.41) is 9.19. The predicted molar refractivity (Wildman–Crippen MR) is 106 cm³/mol. The van der Waals surface area contributed by atoms with E-state index in [1.165, 1.54) is 24.3 Å². The van der Waals surface area contributed by atoms with E-state index in [9.17, 15) is 14.7 Å². The molecule has 1 saturated carbocycles. The maximum absolute atomic E-state index is 12.8. The molecule has 5 fully saturated rings. The zero-order valence-corrected chi connectivity index (χ0v) is 17.9. The average Bonchev–Trinajstić information content (AvgIpc) is 2.98. The van der Waals surface area contributed by atoms with Crippen molar-refractivity contribution < 1.29 is 38.7 Å². The number of carboxylic acid groups (broad SMARTS) is 1. The fraction of sp³-hybridized carbons (Fsp3) is 0.652. The smallest absolute Gasteiger partial charge is 0.340 e. The normalized spacial score (nSPS) is 43.6. The highest BCUT2D eigenvalue weighted by atomic mass is 17.3. The Morgan fingerprint density at radius 2 is 1.87 bits per heavy atom. The highest BCUT2D eigenvalue weighted by molar-refractivity contribution is 5.94. The molecule has 2 bridgehead atoms. The predicted octanol–water partition coefficient (Wildman–Crippen LogP) is 3.75. The molecule has 31 heavy (non-hydrogen) atoms. The summed E-state index contributed by atoms with van der Waals surface area (Å²) in [6.07, 6.45) is 2.04. The zero-order chi connectivity index (χ0) is 22.0. The third-order valence-corrected chi connectivity index (χ3v) is 7.67. The lowest BCUT2D eigenvalue weighted by Crippen LogP contribution is -2.70. The van der Waals surface area contributed by atoms with E-state index >= 15 is 0 Å². The van der Waals surface area contributed by atoms with Crippen molar-refractivity contribution >= 4 is 11.9 Å². The van der Waals surface area contributed by atoms with Crippen molar-refractivity contribution in [2.24, 2.45) is 23.7 Å². The van der Waals surface area contributed by atoms with Gasteiger partial charge in [0.2, 0.25) is 12.1 Å². The van der Waals surface area contributed by atoms with Gasteiger partial charge in [-0.05, 0) is 56.2 Å². The van der Waals surface area contributed by atoms with Crippen LogP contribution in [0.2, 0.25) is 0 Å². The maximum Gasteiger partial charge on any atom is 0.340 e. The van der Waals surface area contributed by atoms with Crippen molar-refractivity contribution in [2.75, 3.05) is 0 Å². The maximum atomic E-state index is 12.8. The van der Waals surface area contributed by atoms with E-state index in [1.807, 2.05) is 13.8 Å². The summed E-state index contributed by atoms with van der Waals surface area (Å²) >= 11 is 0. The fourth-order valence-electron chi connectivity index (χ4n) is 5.96. The van der Waals surface area contributed by atoms with Crippen LogP contribution >= 0.6 is 0 Å². The number of fused-ring (bicyclic) bond motifs is 2. The molecule has 1 spiro atoms. The van der Waals surface area contributed by atoms with Gasteiger partial charge in [-0.15, -0.1) is 0 Å². The molecule has 168 valence electrons. The third-order valence-electron chi connectivity index (χ3n) is 7.67. The van der Waals surface area contributed by atoms with Crippen LogP contribution in [0, 0.1) is 23.7 Å². The first-order valence-electron chi connectivity index (χ1n) is 11.0. The lowest BCUT2D eigenvalue weighted by Gasteiger charge is -2.59. The Morgan fingerprint density at radius 1 is 1.10 bits per heavy atom. The second-order valence-corrected chi connectivity index (χ2v) is 9.56. The van der Waals surface area contributed by atoms with Crippen molar-refractivity contribution in [1.82, 2.24) is 0 Å². The van der Waals surface area contributed by atoms with Crippen LogP contribution in [0.5, 0.6) is 0 Å². The first-order valence-corrected chi connectivity index (χ1v) is 11.0. The molecule has 6 rings (SSSR count). The number of benzene rings is 1. The summed E-state index contributed by atoms with van der Waals surface area (Å²) in [5.41, 5.74) is -0.529. The van der Waals surface area contributed by atoms with E-state index in [0.717, 1.165) is 19.3 Å². The van der Waals surface area contributed by atoms with Gasteiger partial charge in [0, 0.05) is 18.3 Å². The Labute approximate surface area is 180 Å². The van der Waals surface area contributed by atoms with Crippen molar-refractivity contribution in [3.05, 3.63) is 35.4 Å². The number of carbonyl (C=O) groups excluding carboxylic acids is 1. The molecule has 0 unspecified atom stereocenters. The van der Waals surface area contributed by atoms with Crippen LogP contribution in [-0.4, -0.2) is 41.0 Å². The lowest BCUT2D eigenvalue weighted by atomic mass is 9.58. The molecule has 1 aromatic rings. The summed E-state index contributed by atoms with van der Waals surface area (Å²) in [4.78, 5) is 35.9. The number of carboxylic acids is 1. The largest absolute Gasteiger partial charge is 0.478 e. The average molecular weight is 432 g/mol. The molecule has 1 N–H and O–H groups in total. The van der Waals surface area contributed by atoms with E-state index < -0.39 is 35.9 Å². The van der Waals surface area contributed by atoms with Crippen LogP contribution in [-0.2, 0) is 24.0 Å².